The summed E-state index contributed by atoms with van der Waals surface area (Å²) < 4.78 is 15.1. The van der Waals surface area contributed by atoms with Gasteiger partial charge >= 0.3 is 0 Å². The Morgan fingerprint density at radius 3 is 2.67 bits per heavy atom. The summed E-state index contributed by atoms with van der Waals surface area (Å²) >= 11 is 0. The van der Waals surface area contributed by atoms with Crippen LogP contribution in [-0.4, -0.2) is 24.7 Å². The maximum atomic E-state index is 13.4. The van der Waals surface area contributed by atoms with Gasteiger partial charge in [-0.2, -0.15) is 9.78 Å². The van der Waals surface area contributed by atoms with Crippen LogP contribution in [0.25, 0.3) is 16.9 Å². The van der Waals surface area contributed by atoms with E-state index in [0.29, 0.717) is 17.0 Å². The van der Waals surface area contributed by atoms with E-state index in [9.17, 15) is 4.39 Å². The Morgan fingerprint density at radius 1 is 1.08 bits per heavy atom. The van der Waals surface area contributed by atoms with Crippen molar-refractivity contribution in [2.24, 2.45) is 0 Å². The van der Waals surface area contributed by atoms with Gasteiger partial charge in [0.2, 0.25) is 0 Å². The van der Waals surface area contributed by atoms with Crippen LogP contribution in [0.1, 0.15) is 55.1 Å². The van der Waals surface area contributed by atoms with Gasteiger partial charge in [-0.3, -0.25) is 0 Å². The highest BCUT2D eigenvalue weighted by Crippen LogP contribution is 2.32. The van der Waals surface area contributed by atoms with Crippen LogP contribution >= 0.6 is 0 Å². The number of nitrogens with zero attached hydrogens (tertiary/aromatic N) is 5. The molecule has 5 nitrogen and oxygen atoms in total. The molecule has 0 amide bonds. The molecule has 0 radical (unpaired) electrons. The largest absolute Gasteiger partial charge is 0.238 e. The molecule has 3 aromatic rings. The predicted molar refractivity (Wildman–Crippen MR) is 89.7 cm³/mol. The fourth-order valence-electron chi connectivity index (χ4n) is 3.43. The molecule has 1 saturated carbocycles. The van der Waals surface area contributed by atoms with Gasteiger partial charge in [-0.15, -0.1) is 0 Å². The molecule has 6 heteroatoms. The Labute approximate surface area is 140 Å². The summed E-state index contributed by atoms with van der Waals surface area (Å²) in [5.74, 6) is 1.71. The molecule has 0 aliphatic heterocycles. The van der Waals surface area contributed by atoms with Gasteiger partial charge in [-0.25, -0.2) is 19.3 Å². The number of hydrogen-bond acceptors (Lipinski definition) is 4. The fraction of sp³-hybridized carbons (Fsp3) is 0.444. The Morgan fingerprint density at radius 2 is 1.88 bits per heavy atom. The maximum Gasteiger partial charge on any atom is 0.164 e. The summed E-state index contributed by atoms with van der Waals surface area (Å²) in [6.07, 6.45) is 8.90. The van der Waals surface area contributed by atoms with Crippen LogP contribution in [0.5, 0.6) is 0 Å². The van der Waals surface area contributed by atoms with Gasteiger partial charge < -0.3 is 0 Å². The molecule has 3 heterocycles. The van der Waals surface area contributed by atoms with Crippen LogP contribution in [0.3, 0.4) is 0 Å². The minimum absolute atomic E-state index is 0.361. The van der Waals surface area contributed by atoms with Crippen molar-refractivity contribution < 1.29 is 4.39 Å². The van der Waals surface area contributed by atoms with Gasteiger partial charge in [0.15, 0.2) is 11.5 Å². The lowest BCUT2D eigenvalue weighted by Gasteiger charge is -2.21. The standard InChI is InChI=1S/C18H20FN5/c1-11-12(2)22-16(13-6-4-3-5-7-13)23-17(11)24-18-14(9-21-24)8-15(19)10-20-18/h8-10,13H,3-7H2,1-2H3. The number of rotatable bonds is 2. The molecule has 0 aromatic carbocycles. The summed E-state index contributed by atoms with van der Waals surface area (Å²) in [5.41, 5.74) is 2.56. The predicted octanol–water partition coefficient (Wildman–Crippen LogP) is 4.01. The van der Waals surface area contributed by atoms with E-state index in [-0.39, 0.29) is 5.82 Å². The fourth-order valence-corrected chi connectivity index (χ4v) is 3.43. The number of aromatic nitrogens is 5. The third-order valence-electron chi connectivity index (χ3n) is 4.93. The molecule has 24 heavy (non-hydrogen) atoms. The number of fused-ring (bicyclic) bond motifs is 1. The molecule has 0 bridgehead atoms. The molecule has 0 spiro atoms. The van der Waals surface area contributed by atoms with Crippen LogP contribution in [0, 0.1) is 19.7 Å². The Kier molecular flexibility index (Phi) is 3.75. The maximum absolute atomic E-state index is 13.4. The third-order valence-corrected chi connectivity index (χ3v) is 4.93. The van der Waals surface area contributed by atoms with E-state index in [2.05, 4.69) is 10.1 Å². The molecular weight excluding hydrogens is 305 g/mol. The van der Waals surface area contributed by atoms with E-state index in [0.717, 1.165) is 35.7 Å². The lowest BCUT2D eigenvalue weighted by Crippen LogP contribution is -2.14. The van der Waals surface area contributed by atoms with E-state index >= 15 is 0 Å². The quantitative estimate of drug-likeness (QED) is 0.714. The molecule has 124 valence electrons. The van der Waals surface area contributed by atoms with E-state index < -0.39 is 0 Å². The van der Waals surface area contributed by atoms with Crippen LogP contribution in [0.15, 0.2) is 18.5 Å². The zero-order valence-electron chi connectivity index (χ0n) is 14.0. The van der Waals surface area contributed by atoms with E-state index in [4.69, 9.17) is 9.97 Å². The van der Waals surface area contributed by atoms with E-state index in [1.807, 2.05) is 13.8 Å². The van der Waals surface area contributed by atoms with Crippen molar-refractivity contribution in [3.63, 3.8) is 0 Å². The lowest BCUT2D eigenvalue weighted by molar-refractivity contribution is 0.427. The zero-order valence-corrected chi connectivity index (χ0v) is 14.0. The molecule has 3 aromatic heterocycles. The van der Waals surface area contributed by atoms with Gasteiger partial charge in [-0.1, -0.05) is 19.3 Å². The number of pyridine rings is 1. The molecule has 0 saturated heterocycles. The Balaban J connectivity index is 1.85. The van der Waals surface area contributed by atoms with Gasteiger partial charge in [0.25, 0.3) is 0 Å². The SMILES string of the molecule is Cc1nc(C2CCCCC2)nc(-n2ncc3cc(F)cnc32)c1C. The summed E-state index contributed by atoms with van der Waals surface area (Å²) in [6.45, 7) is 4.00. The molecule has 1 fully saturated rings. The minimum atomic E-state index is -0.361. The first kappa shape index (κ1) is 15.2. The number of aryl methyl sites for hydroxylation is 1. The molecule has 0 N–H and O–H groups in total. The van der Waals surface area contributed by atoms with E-state index in [1.165, 1.54) is 31.5 Å². The van der Waals surface area contributed by atoms with Crippen LogP contribution in [-0.2, 0) is 0 Å². The van der Waals surface area contributed by atoms with Crippen LogP contribution < -0.4 is 0 Å². The smallest absolute Gasteiger partial charge is 0.164 e. The molecule has 4 rings (SSSR count). The Hall–Kier alpha value is -2.37. The summed E-state index contributed by atoms with van der Waals surface area (Å²) in [4.78, 5) is 13.8. The summed E-state index contributed by atoms with van der Waals surface area (Å²) in [5, 5.41) is 5.06. The lowest BCUT2D eigenvalue weighted by atomic mass is 9.88. The van der Waals surface area contributed by atoms with Gasteiger partial charge in [0.05, 0.1) is 12.4 Å². The van der Waals surface area contributed by atoms with E-state index in [1.54, 1.807) is 10.9 Å². The second-order valence-corrected chi connectivity index (χ2v) is 6.57. The van der Waals surface area contributed by atoms with Crippen molar-refractivity contribution in [2.75, 3.05) is 0 Å². The first-order chi connectivity index (χ1) is 11.6. The third kappa shape index (κ3) is 2.56. The van der Waals surface area contributed by atoms with Gasteiger partial charge in [0, 0.05) is 22.6 Å². The molecule has 0 atom stereocenters. The number of hydrogen-bond donors (Lipinski definition) is 0. The normalized spacial score (nSPS) is 16.0. The minimum Gasteiger partial charge on any atom is -0.238 e. The van der Waals surface area contributed by atoms with Crippen LogP contribution in [0.4, 0.5) is 4.39 Å². The zero-order chi connectivity index (χ0) is 16.7. The molecular formula is C18H20FN5. The molecule has 0 unspecified atom stereocenters. The molecule has 1 aliphatic carbocycles. The van der Waals surface area contributed by atoms with Crippen molar-refractivity contribution in [1.82, 2.24) is 24.7 Å². The molecule has 1 aliphatic rings. The second kappa shape index (κ2) is 5.92. The van der Waals surface area contributed by atoms with Crippen molar-refractivity contribution >= 4 is 11.0 Å². The van der Waals surface area contributed by atoms with Gasteiger partial charge in [-0.05, 0) is 32.8 Å². The summed E-state index contributed by atoms with van der Waals surface area (Å²) in [7, 11) is 0. The Bertz CT molecular complexity index is 896. The first-order valence-corrected chi connectivity index (χ1v) is 8.48. The van der Waals surface area contributed by atoms with Crippen molar-refractivity contribution in [3.8, 4) is 5.82 Å². The first-order valence-electron chi connectivity index (χ1n) is 8.48. The highest BCUT2D eigenvalue weighted by molar-refractivity contribution is 5.76. The van der Waals surface area contributed by atoms with Gasteiger partial charge in [0.1, 0.15) is 11.6 Å². The van der Waals surface area contributed by atoms with Crippen LogP contribution in [0.2, 0.25) is 0 Å². The highest BCUT2D eigenvalue weighted by Gasteiger charge is 2.21. The monoisotopic (exact) mass is 325 g/mol. The van der Waals surface area contributed by atoms with Crippen molar-refractivity contribution in [3.05, 3.63) is 41.4 Å². The highest BCUT2D eigenvalue weighted by atomic mass is 19.1. The van der Waals surface area contributed by atoms with Crippen molar-refractivity contribution in [1.29, 1.82) is 0 Å². The number of halogens is 1. The second-order valence-electron chi connectivity index (χ2n) is 6.57. The average Bonchev–Trinajstić information content (AvgIpc) is 3.00. The summed E-state index contributed by atoms with van der Waals surface area (Å²) in [6, 6.07) is 1.44. The average molecular weight is 325 g/mol. The van der Waals surface area contributed by atoms with Crippen molar-refractivity contribution in [2.45, 2.75) is 51.9 Å². The topological polar surface area (TPSA) is 56.5 Å².